The van der Waals surface area contributed by atoms with E-state index in [1.807, 2.05) is 24.3 Å². The Morgan fingerprint density at radius 3 is 1.46 bits per heavy atom. The molecule has 0 unspecified atom stereocenters. The first kappa shape index (κ1) is 15.7. The highest BCUT2D eigenvalue weighted by molar-refractivity contribution is 5.44. The molecule has 0 fully saturated rings. The predicted molar refractivity (Wildman–Crippen MR) is 91.6 cm³/mol. The summed E-state index contributed by atoms with van der Waals surface area (Å²) in [6.07, 6.45) is 0.972. The number of hydrogen-bond donors (Lipinski definition) is 4. The highest BCUT2D eigenvalue weighted by Crippen LogP contribution is 2.27. The summed E-state index contributed by atoms with van der Waals surface area (Å²) in [5.41, 5.74) is 3.25. The van der Waals surface area contributed by atoms with Crippen molar-refractivity contribution in [3.8, 4) is 23.0 Å². The fourth-order valence-corrected chi connectivity index (χ4v) is 2.72. The molecule has 0 aliphatic heterocycles. The van der Waals surface area contributed by atoms with Crippen molar-refractivity contribution in [1.82, 2.24) is 0 Å². The zero-order valence-corrected chi connectivity index (χ0v) is 13.0. The minimum Gasteiger partial charge on any atom is -0.508 e. The summed E-state index contributed by atoms with van der Waals surface area (Å²) >= 11 is 0. The van der Waals surface area contributed by atoms with Crippen LogP contribution in [0.25, 0.3) is 0 Å². The standard InChI is InChI=1S/C20H18O4/c21-17-4-6-19(23)15(11-17)9-13-2-1-3-14(8-13)10-16-12-18(22)5-7-20(16)24/h1-8,11-12,21-24H,9-10H2. The first-order valence-electron chi connectivity index (χ1n) is 7.61. The van der Waals surface area contributed by atoms with Crippen LogP contribution in [0.5, 0.6) is 23.0 Å². The van der Waals surface area contributed by atoms with Crippen LogP contribution in [0.4, 0.5) is 0 Å². The first-order valence-corrected chi connectivity index (χ1v) is 7.61. The van der Waals surface area contributed by atoms with Gasteiger partial charge in [0.1, 0.15) is 23.0 Å². The highest BCUT2D eigenvalue weighted by Gasteiger charge is 2.07. The van der Waals surface area contributed by atoms with Crippen molar-refractivity contribution >= 4 is 0 Å². The Labute approximate surface area is 139 Å². The maximum Gasteiger partial charge on any atom is 0.119 e. The molecule has 0 amide bonds. The van der Waals surface area contributed by atoms with Gasteiger partial charge in [0.2, 0.25) is 0 Å². The number of rotatable bonds is 4. The monoisotopic (exact) mass is 322 g/mol. The Morgan fingerprint density at radius 1 is 0.542 bits per heavy atom. The molecule has 122 valence electrons. The van der Waals surface area contributed by atoms with Crippen LogP contribution in [-0.4, -0.2) is 20.4 Å². The van der Waals surface area contributed by atoms with Gasteiger partial charge in [-0.05, 0) is 47.5 Å². The van der Waals surface area contributed by atoms with Gasteiger partial charge >= 0.3 is 0 Å². The van der Waals surface area contributed by atoms with Crippen molar-refractivity contribution in [2.24, 2.45) is 0 Å². The lowest BCUT2D eigenvalue weighted by molar-refractivity contribution is 0.455. The molecular weight excluding hydrogens is 304 g/mol. The van der Waals surface area contributed by atoms with E-state index in [-0.39, 0.29) is 23.0 Å². The fraction of sp³-hybridized carbons (Fsp3) is 0.100. The lowest BCUT2D eigenvalue weighted by Gasteiger charge is -2.09. The molecule has 0 saturated heterocycles. The van der Waals surface area contributed by atoms with Crippen LogP contribution in [0.15, 0.2) is 60.7 Å². The van der Waals surface area contributed by atoms with Crippen molar-refractivity contribution in [2.45, 2.75) is 12.8 Å². The highest BCUT2D eigenvalue weighted by atomic mass is 16.3. The summed E-state index contributed by atoms with van der Waals surface area (Å²) in [6.45, 7) is 0. The number of hydrogen-bond acceptors (Lipinski definition) is 4. The van der Waals surface area contributed by atoms with Crippen LogP contribution in [0.1, 0.15) is 22.3 Å². The maximum absolute atomic E-state index is 9.90. The van der Waals surface area contributed by atoms with Crippen molar-refractivity contribution in [3.05, 3.63) is 82.9 Å². The topological polar surface area (TPSA) is 80.9 Å². The van der Waals surface area contributed by atoms with Gasteiger partial charge in [-0.2, -0.15) is 0 Å². The van der Waals surface area contributed by atoms with E-state index >= 15 is 0 Å². The molecule has 0 heterocycles. The zero-order valence-electron chi connectivity index (χ0n) is 13.0. The smallest absolute Gasteiger partial charge is 0.119 e. The molecule has 0 aromatic heterocycles. The minimum absolute atomic E-state index is 0.114. The average molecular weight is 322 g/mol. The van der Waals surface area contributed by atoms with E-state index in [9.17, 15) is 20.4 Å². The van der Waals surface area contributed by atoms with Gasteiger partial charge in [-0.1, -0.05) is 24.3 Å². The van der Waals surface area contributed by atoms with Gasteiger partial charge in [0, 0.05) is 24.0 Å². The summed E-state index contributed by atoms with van der Waals surface area (Å²) in [7, 11) is 0. The van der Waals surface area contributed by atoms with Crippen molar-refractivity contribution in [2.75, 3.05) is 0 Å². The number of benzene rings is 3. The van der Waals surface area contributed by atoms with E-state index in [0.29, 0.717) is 24.0 Å². The predicted octanol–water partition coefficient (Wildman–Crippen LogP) is 3.69. The molecule has 3 aromatic rings. The van der Waals surface area contributed by atoms with Crippen LogP contribution >= 0.6 is 0 Å². The first-order chi connectivity index (χ1) is 11.5. The lowest BCUT2D eigenvalue weighted by atomic mass is 9.98. The van der Waals surface area contributed by atoms with Gasteiger partial charge in [0.25, 0.3) is 0 Å². The normalized spacial score (nSPS) is 10.7. The molecule has 0 radical (unpaired) electrons. The second kappa shape index (κ2) is 6.54. The lowest BCUT2D eigenvalue weighted by Crippen LogP contribution is -1.93. The molecule has 0 atom stereocenters. The molecule has 0 aliphatic rings. The van der Waals surface area contributed by atoms with Crippen molar-refractivity contribution in [3.63, 3.8) is 0 Å². The molecule has 0 saturated carbocycles. The van der Waals surface area contributed by atoms with Gasteiger partial charge < -0.3 is 20.4 Å². The Balaban J connectivity index is 1.84. The quantitative estimate of drug-likeness (QED) is 0.552. The second-order valence-electron chi connectivity index (χ2n) is 5.80. The van der Waals surface area contributed by atoms with E-state index in [1.54, 1.807) is 12.1 Å². The molecule has 3 rings (SSSR count). The van der Waals surface area contributed by atoms with Crippen LogP contribution in [0, 0.1) is 0 Å². The Bertz CT molecular complexity index is 803. The third kappa shape index (κ3) is 3.60. The molecule has 3 aromatic carbocycles. The second-order valence-corrected chi connectivity index (χ2v) is 5.80. The van der Waals surface area contributed by atoms with Gasteiger partial charge in [-0.25, -0.2) is 0 Å². The summed E-state index contributed by atoms with van der Waals surface area (Å²) in [5, 5.41) is 38.9. The van der Waals surface area contributed by atoms with Gasteiger partial charge in [-0.15, -0.1) is 0 Å². The van der Waals surface area contributed by atoms with Gasteiger partial charge in [0.05, 0.1) is 0 Å². The van der Waals surface area contributed by atoms with Crippen LogP contribution in [0.3, 0.4) is 0 Å². The SMILES string of the molecule is Oc1ccc(O)c(Cc2cccc(Cc3cc(O)ccc3O)c2)c1. The maximum atomic E-state index is 9.90. The van der Waals surface area contributed by atoms with Crippen LogP contribution in [-0.2, 0) is 12.8 Å². The third-order valence-electron chi connectivity index (χ3n) is 3.91. The largest absolute Gasteiger partial charge is 0.508 e. The molecule has 4 N–H and O–H groups in total. The summed E-state index contributed by atoms with van der Waals surface area (Å²) in [6, 6.07) is 16.7. The summed E-state index contributed by atoms with van der Waals surface area (Å²) in [4.78, 5) is 0. The molecule has 0 bridgehead atoms. The van der Waals surface area contributed by atoms with Crippen LogP contribution in [0.2, 0.25) is 0 Å². The van der Waals surface area contributed by atoms with E-state index in [1.165, 1.54) is 24.3 Å². The minimum atomic E-state index is 0.114. The Hall–Kier alpha value is -3.14. The summed E-state index contributed by atoms with van der Waals surface area (Å²) < 4.78 is 0. The molecule has 4 nitrogen and oxygen atoms in total. The van der Waals surface area contributed by atoms with E-state index < -0.39 is 0 Å². The molecule has 0 aliphatic carbocycles. The molecule has 4 heteroatoms. The zero-order chi connectivity index (χ0) is 17.1. The van der Waals surface area contributed by atoms with Gasteiger partial charge in [-0.3, -0.25) is 0 Å². The van der Waals surface area contributed by atoms with Crippen molar-refractivity contribution in [1.29, 1.82) is 0 Å². The Morgan fingerprint density at radius 2 is 1.00 bits per heavy atom. The van der Waals surface area contributed by atoms with Crippen molar-refractivity contribution < 1.29 is 20.4 Å². The van der Waals surface area contributed by atoms with E-state index in [0.717, 1.165) is 11.1 Å². The number of aromatic hydroxyl groups is 4. The van der Waals surface area contributed by atoms with E-state index in [2.05, 4.69) is 0 Å². The average Bonchev–Trinajstić information content (AvgIpc) is 2.55. The third-order valence-corrected chi connectivity index (χ3v) is 3.91. The number of phenolic OH excluding ortho intramolecular Hbond substituents is 4. The molecular formula is C20H18O4. The molecule has 24 heavy (non-hydrogen) atoms. The fourth-order valence-electron chi connectivity index (χ4n) is 2.72. The van der Waals surface area contributed by atoms with E-state index in [4.69, 9.17) is 0 Å². The number of phenols is 4. The van der Waals surface area contributed by atoms with Crippen LogP contribution < -0.4 is 0 Å². The van der Waals surface area contributed by atoms with Gasteiger partial charge in [0.15, 0.2) is 0 Å². The summed E-state index contributed by atoms with van der Waals surface area (Å²) in [5.74, 6) is 0.514. The molecule has 0 spiro atoms. The Kier molecular flexibility index (Phi) is 4.29.